The summed E-state index contributed by atoms with van der Waals surface area (Å²) in [5.41, 5.74) is 0.855. The standard InChI is InChI=1S/C29H38ClN7O4S/c1-19(2)26-28-33-27(20-8-5-4-6-9-20)34-37(28)16-15-36(25(39)12-11-21-18-23(30)35-41-21)14-7-10-24(38)31-22(13-17-42-3)29(40)32-26/h4-6,8-9,18-19,22,26H,7,10-17H2,1-3H3,(H,31,38)(H,32,40)/t22-,26?/m0/s1. The van der Waals surface area contributed by atoms with E-state index < -0.39 is 12.1 Å². The monoisotopic (exact) mass is 615 g/mol. The molecule has 1 aliphatic rings. The lowest BCUT2D eigenvalue weighted by atomic mass is 10.0. The lowest BCUT2D eigenvalue weighted by Crippen LogP contribution is -2.49. The fraction of sp³-hybridized carbons (Fsp3) is 0.517. The molecule has 2 atom stereocenters. The molecule has 0 spiro atoms. The van der Waals surface area contributed by atoms with Crippen molar-refractivity contribution in [2.45, 2.75) is 64.6 Å². The predicted molar refractivity (Wildman–Crippen MR) is 162 cm³/mol. The molecule has 0 saturated heterocycles. The minimum Gasteiger partial charge on any atom is -0.360 e. The second-order valence-corrected chi connectivity index (χ2v) is 12.0. The summed E-state index contributed by atoms with van der Waals surface area (Å²) in [7, 11) is 0. The van der Waals surface area contributed by atoms with Gasteiger partial charge in [0.05, 0.1) is 12.6 Å². The van der Waals surface area contributed by atoms with Crippen molar-refractivity contribution in [3.63, 3.8) is 0 Å². The number of carbonyl (C=O) groups excluding carboxylic acids is 3. The van der Waals surface area contributed by atoms with E-state index in [-0.39, 0.29) is 41.6 Å². The highest BCUT2D eigenvalue weighted by Gasteiger charge is 2.30. The summed E-state index contributed by atoms with van der Waals surface area (Å²) in [5, 5.41) is 14.8. The van der Waals surface area contributed by atoms with E-state index in [9.17, 15) is 14.4 Å². The molecule has 2 N–H and O–H groups in total. The summed E-state index contributed by atoms with van der Waals surface area (Å²) in [6, 6.07) is 10.1. The van der Waals surface area contributed by atoms with Crippen molar-refractivity contribution in [1.29, 1.82) is 0 Å². The van der Waals surface area contributed by atoms with Gasteiger partial charge < -0.3 is 20.1 Å². The number of halogens is 1. The highest BCUT2D eigenvalue weighted by Crippen LogP contribution is 2.25. The molecule has 2 aromatic heterocycles. The summed E-state index contributed by atoms with van der Waals surface area (Å²) >= 11 is 7.48. The summed E-state index contributed by atoms with van der Waals surface area (Å²) in [6.45, 7) is 5.13. The van der Waals surface area contributed by atoms with Crippen molar-refractivity contribution in [2.75, 3.05) is 25.1 Å². The topological polar surface area (TPSA) is 135 Å². The Kier molecular flexibility index (Phi) is 11.4. The van der Waals surface area contributed by atoms with Crippen molar-refractivity contribution in [2.24, 2.45) is 5.92 Å². The molecule has 226 valence electrons. The number of benzene rings is 1. The Morgan fingerprint density at radius 3 is 2.64 bits per heavy atom. The Balaban J connectivity index is 1.65. The Labute approximate surface area is 255 Å². The van der Waals surface area contributed by atoms with E-state index in [1.54, 1.807) is 27.4 Å². The molecule has 11 nitrogen and oxygen atoms in total. The average Bonchev–Trinajstić information content (AvgIpc) is 3.60. The van der Waals surface area contributed by atoms with Crippen LogP contribution in [0, 0.1) is 5.92 Å². The van der Waals surface area contributed by atoms with Gasteiger partial charge in [-0.1, -0.05) is 60.9 Å². The summed E-state index contributed by atoms with van der Waals surface area (Å²) in [6.07, 6.45) is 3.69. The maximum absolute atomic E-state index is 13.5. The summed E-state index contributed by atoms with van der Waals surface area (Å²) in [5.74, 6) is 1.85. The molecule has 13 heteroatoms. The Morgan fingerprint density at radius 1 is 1.17 bits per heavy atom. The SMILES string of the molecule is CSCC[C@@H]1NC(=O)CCCN(C(=O)CCc2cc(Cl)no2)CCn2nc(-c3ccccc3)nc2C(C(C)C)NC1=O. The number of hydrogen-bond donors (Lipinski definition) is 2. The van der Waals surface area contributed by atoms with Gasteiger partial charge in [-0.2, -0.15) is 16.9 Å². The molecule has 1 aromatic carbocycles. The number of nitrogens with one attached hydrogen (secondary N) is 2. The maximum atomic E-state index is 13.5. The first kappa shape index (κ1) is 31.6. The summed E-state index contributed by atoms with van der Waals surface area (Å²) in [4.78, 5) is 46.4. The van der Waals surface area contributed by atoms with Crippen molar-refractivity contribution in [1.82, 2.24) is 35.5 Å². The van der Waals surface area contributed by atoms with Crippen LogP contribution in [0.4, 0.5) is 0 Å². The fourth-order valence-corrected chi connectivity index (χ4v) is 5.44. The number of fused-ring (bicyclic) bond motifs is 1. The van der Waals surface area contributed by atoms with Gasteiger partial charge in [-0.15, -0.1) is 0 Å². The third kappa shape index (κ3) is 8.57. The molecule has 3 heterocycles. The normalized spacial score (nSPS) is 18.7. The fourth-order valence-electron chi connectivity index (χ4n) is 4.81. The van der Waals surface area contributed by atoms with Crippen LogP contribution in [0.15, 0.2) is 40.9 Å². The zero-order chi connectivity index (χ0) is 30.1. The third-order valence-corrected chi connectivity index (χ3v) is 7.94. The number of nitrogens with zero attached hydrogens (tertiary/aromatic N) is 5. The van der Waals surface area contributed by atoms with E-state index in [2.05, 4.69) is 15.8 Å². The smallest absolute Gasteiger partial charge is 0.243 e. The zero-order valence-electron chi connectivity index (χ0n) is 24.2. The van der Waals surface area contributed by atoms with E-state index in [1.165, 1.54) is 0 Å². The van der Waals surface area contributed by atoms with Crippen molar-refractivity contribution in [3.05, 3.63) is 53.1 Å². The van der Waals surface area contributed by atoms with Crippen LogP contribution in [0.5, 0.6) is 0 Å². The number of hydrogen-bond acceptors (Lipinski definition) is 8. The van der Waals surface area contributed by atoms with Crippen LogP contribution in [-0.2, 0) is 27.3 Å². The molecule has 1 unspecified atom stereocenters. The lowest BCUT2D eigenvalue weighted by Gasteiger charge is -2.28. The maximum Gasteiger partial charge on any atom is 0.243 e. The van der Waals surface area contributed by atoms with Crippen molar-refractivity contribution < 1.29 is 18.9 Å². The largest absolute Gasteiger partial charge is 0.360 e. The highest BCUT2D eigenvalue weighted by atomic mass is 35.5. The first-order valence-corrected chi connectivity index (χ1v) is 16.0. The number of thioether (sulfide) groups is 1. The van der Waals surface area contributed by atoms with E-state index in [1.807, 2.05) is 50.4 Å². The molecule has 42 heavy (non-hydrogen) atoms. The first-order valence-electron chi connectivity index (χ1n) is 14.2. The van der Waals surface area contributed by atoms with E-state index in [0.29, 0.717) is 56.3 Å². The molecule has 3 aromatic rings. The van der Waals surface area contributed by atoms with Gasteiger partial charge in [-0.05, 0) is 30.8 Å². The molecule has 0 fully saturated rings. The molecule has 0 radical (unpaired) electrons. The number of amides is 3. The van der Waals surface area contributed by atoms with Crippen LogP contribution >= 0.6 is 23.4 Å². The van der Waals surface area contributed by atoms with Crippen LogP contribution in [0.1, 0.15) is 57.2 Å². The van der Waals surface area contributed by atoms with E-state index in [4.69, 9.17) is 26.2 Å². The van der Waals surface area contributed by atoms with Gasteiger partial charge in [0.2, 0.25) is 17.7 Å². The lowest BCUT2D eigenvalue weighted by molar-refractivity contribution is -0.132. The predicted octanol–water partition coefficient (Wildman–Crippen LogP) is 3.89. The van der Waals surface area contributed by atoms with Gasteiger partial charge in [-0.25, -0.2) is 9.67 Å². The van der Waals surface area contributed by atoms with Gasteiger partial charge in [0.15, 0.2) is 16.8 Å². The van der Waals surface area contributed by atoms with Crippen LogP contribution < -0.4 is 10.6 Å². The first-order chi connectivity index (χ1) is 20.2. The molecule has 3 amide bonds. The van der Waals surface area contributed by atoms with Gasteiger partial charge in [0.1, 0.15) is 11.8 Å². The van der Waals surface area contributed by atoms with Gasteiger partial charge >= 0.3 is 0 Å². The molecule has 0 bridgehead atoms. The number of aryl methyl sites for hydroxylation is 1. The molecule has 0 saturated carbocycles. The average molecular weight is 616 g/mol. The third-order valence-electron chi connectivity index (χ3n) is 7.12. The van der Waals surface area contributed by atoms with Crippen LogP contribution in [0.3, 0.4) is 0 Å². The van der Waals surface area contributed by atoms with Crippen LogP contribution in [0.2, 0.25) is 5.15 Å². The summed E-state index contributed by atoms with van der Waals surface area (Å²) < 4.78 is 6.96. The van der Waals surface area contributed by atoms with Gasteiger partial charge in [0, 0.05) is 44.0 Å². The Morgan fingerprint density at radius 2 is 1.95 bits per heavy atom. The highest BCUT2D eigenvalue weighted by molar-refractivity contribution is 7.98. The second kappa shape index (κ2) is 15.2. The molecule has 1 aliphatic heterocycles. The minimum atomic E-state index is -0.675. The van der Waals surface area contributed by atoms with E-state index in [0.717, 1.165) is 11.3 Å². The quantitative estimate of drug-likeness (QED) is 0.390. The number of aromatic nitrogens is 4. The van der Waals surface area contributed by atoms with Crippen LogP contribution in [0.25, 0.3) is 11.4 Å². The van der Waals surface area contributed by atoms with Gasteiger partial charge in [-0.3, -0.25) is 14.4 Å². The second-order valence-electron chi connectivity index (χ2n) is 10.6. The number of carbonyl (C=O) groups is 3. The van der Waals surface area contributed by atoms with Crippen LogP contribution in [-0.4, -0.2) is 73.7 Å². The number of rotatable bonds is 8. The molecular weight excluding hydrogens is 578 g/mol. The molecule has 0 aliphatic carbocycles. The van der Waals surface area contributed by atoms with Crippen molar-refractivity contribution in [3.8, 4) is 11.4 Å². The van der Waals surface area contributed by atoms with Crippen molar-refractivity contribution >= 4 is 41.1 Å². The Hall–Kier alpha value is -3.38. The zero-order valence-corrected chi connectivity index (χ0v) is 25.8. The van der Waals surface area contributed by atoms with Gasteiger partial charge in [0.25, 0.3) is 0 Å². The Bertz CT molecular complexity index is 1350. The minimum absolute atomic E-state index is 0.0169. The molecular formula is C29H38ClN7O4S. The van der Waals surface area contributed by atoms with E-state index >= 15 is 0 Å². The molecule has 4 rings (SSSR count).